The molecule has 3 N–H and O–H groups in total. The third kappa shape index (κ3) is 16.2. The van der Waals surface area contributed by atoms with Crippen LogP contribution in [0.4, 0.5) is 39.8 Å². The fourth-order valence-electron chi connectivity index (χ4n) is 8.91. The number of hydrogen-bond acceptors (Lipinski definition) is 6. The average molecular weight is 925 g/mol. The average Bonchev–Trinajstić information content (AvgIpc) is 3.35. The lowest BCUT2D eigenvalue weighted by molar-refractivity contribution is -0.697. The van der Waals surface area contributed by atoms with Crippen molar-refractivity contribution in [3.8, 4) is 0 Å². The Kier molecular flexibility index (Phi) is 22.4. The fraction of sp³-hybridized carbons (Fsp3) is 0.456. The first-order valence-electron chi connectivity index (χ1n) is 25.5. The minimum absolute atomic E-state index is 0.0265. The lowest BCUT2D eigenvalue weighted by Gasteiger charge is -2.40. The van der Waals surface area contributed by atoms with Crippen LogP contribution in [0.5, 0.6) is 0 Å². The molecule has 11 heteroatoms. The maximum absolute atomic E-state index is 13.5. The first-order chi connectivity index (χ1) is 33.2. The van der Waals surface area contributed by atoms with Crippen LogP contribution >= 0.6 is 0 Å². The molecular formula is C57H78N7O4+. The van der Waals surface area contributed by atoms with Gasteiger partial charge in [-0.05, 0) is 101 Å². The van der Waals surface area contributed by atoms with Crippen LogP contribution < -0.4 is 35.2 Å². The van der Waals surface area contributed by atoms with Gasteiger partial charge in [0.15, 0.2) is 12.4 Å². The predicted octanol–water partition coefficient (Wildman–Crippen LogP) is 12.2. The highest BCUT2D eigenvalue weighted by molar-refractivity contribution is 6.15. The number of pyridine rings is 1. The highest BCUT2D eigenvalue weighted by Crippen LogP contribution is 2.53. The molecule has 0 spiro atoms. The third-order valence-corrected chi connectivity index (χ3v) is 12.8. The lowest BCUT2D eigenvalue weighted by Crippen LogP contribution is -2.45. The van der Waals surface area contributed by atoms with Crippen LogP contribution in [-0.4, -0.2) is 49.3 Å². The number of hydrogen-bond donors (Lipinski definition) is 3. The second-order valence-electron chi connectivity index (χ2n) is 18.0. The van der Waals surface area contributed by atoms with Crippen LogP contribution in [-0.2, 0) is 25.7 Å². The van der Waals surface area contributed by atoms with E-state index in [0.29, 0.717) is 25.1 Å². The van der Waals surface area contributed by atoms with E-state index in [1.165, 1.54) is 37.8 Å². The summed E-state index contributed by atoms with van der Waals surface area (Å²) in [5.74, 6) is -0.551. The molecule has 2 heterocycles. The van der Waals surface area contributed by atoms with Gasteiger partial charge in [0.1, 0.15) is 12.6 Å². The molecule has 0 bridgehead atoms. The second kappa shape index (κ2) is 28.8. The van der Waals surface area contributed by atoms with Crippen LogP contribution in [0, 0.1) is 6.92 Å². The predicted molar refractivity (Wildman–Crippen MR) is 280 cm³/mol. The molecule has 0 radical (unpaired) electrons. The van der Waals surface area contributed by atoms with E-state index in [9.17, 15) is 19.2 Å². The molecule has 0 unspecified atom stereocenters. The number of nitrogens with zero attached hydrogens (tertiary/aromatic N) is 4. The van der Waals surface area contributed by atoms with Crippen LogP contribution in [0.3, 0.4) is 0 Å². The number of fused-ring (bicyclic) bond motifs is 2. The van der Waals surface area contributed by atoms with Gasteiger partial charge >= 0.3 is 0 Å². The van der Waals surface area contributed by atoms with Crippen molar-refractivity contribution in [1.29, 1.82) is 0 Å². The van der Waals surface area contributed by atoms with Crippen LogP contribution in [0.15, 0.2) is 117 Å². The zero-order valence-electron chi connectivity index (χ0n) is 41.3. The van der Waals surface area contributed by atoms with E-state index in [2.05, 4.69) is 125 Å². The van der Waals surface area contributed by atoms with Gasteiger partial charge in [-0.1, -0.05) is 107 Å². The number of amides is 4. The maximum atomic E-state index is 13.5. The molecule has 1 atom stereocenters. The Balaban J connectivity index is 0.948. The van der Waals surface area contributed by atoms with E-state index in [4.69, 9.17) is 0 Å². The molecule has 4 aromatic rings. The molecule has 0 saturated carbocycles. The molecule has 5 rings (SSSR count). The zero-order chi connectivity index (χ0) is 48.5. The summed E-state index contributed by atoms with van der Waals surface area (Å²) in [7, 11) is 0. The zero-order valence-corrected chi connectivity index (χ0v) is 41.3. The quantitative estimate of drug-likeness (QED) is 0.0200. The Hall–Kier alpha value is -6.23. The molecule has 0 saturated heterocycles. The van der Waals surface area contributed by atoms with Gasteiger partial charge in [0.05, 0.1) is 22.7 Å². The molecule has 1 aliphatic heterocycles. The summed E-state index contributed by atoms with van der Waals surface area (Å²) in [6.07, 6.45) is 25.1. The molecule has 0 fully saturated rings. The van der Waals surface area contributed by atoms with E-state index < -0.39 is 6.04 Å². The van der Waals surface area contributed by atoms with Crippen molar-refractivity contribution >= 4 is 63.4 Å². The lowest BCUT2D eigenvalue weighted by atomic mass is 10.0. The summed E-state index contributed by atoms with van der Waals surface area (Å²) in [4.78, 5) is 58.1. The summed E-state index contributed by atoms with van der Waals surface area (Å²) < 4.78 is 2.22. The second-order valence-corrected chi connectivity index (χ2v) is 18.0. The molecule has 0 aliphatic carbocycles. The number of nitrogens with one attached hydrogen (secondary N) is 3. The molecule has 11 nitrogen and oxygen atoms in total. The van der Waals surface area contributed by atoms with Crippen LogP contribution in [0.2, 0.25) is 0 Å². The number of aryl methyl sites for hydroxylation is 2. The summed E-state index contributed by atoms with van der Waals surface area (Å²) in [5, 5.41) is 8.93. The van der Waals surface area contributed by atoms with Gasteiger partial charge in [0.25, 0.3) is 5.91 Å². The monoisotopic (exact) mass is 925 g/mol. The van der Waals surface area contributed by atoms with E-state index in [0.717, 1.165) is 136 Å². The first-order valence-corrected chi connectivity index (χ1v) is 25.5. The van der Waals surface area contributed by atoms with Gasteiger partial charge in [-0.15, -0.1) is 6.58 Å². The van der Waals surface area contributed by atoms with Crippen LogP contribution in [0.25, 0.3) is 0 Å². The molecule has 4 amide bonds. The van der Waals surface area contributed by atoms with E-state index in [1.54, 1.807) is 4.90 Å². The minimum atomic E-state index is -0.706. The van der Waals surface area contributed by atoms with Crippen molar-refractivity contribution in [2.45, 2.75) is 149 Å². The number of carbonyl (C=O) groups is 4. The smallest absolute Gasteiger partial charge is 0.255 e. The highest BCUT2D eigenvalue weighted by atomic mass is 16.2. The summed E-state index contributed by atoms with van der Waals surface area (Å²) in [6, 6.07) is 25.8. The first kappa shape index (κ1) is 52.7. The normalized spacial score (nSPS) is 12.1. The summed E-state index contributed by atoms with van der Waals surface area (Å²) in [5.41, 5.74) is 7.01. The number of anilines is 7. The van der Waals surface area contributed by atoms with Crippen molar-refractivity contribution in [3.05, 3.63) is 122 Å². The van der Waals surface area contributed by atoms with Gasteiger partial charge in [0, 0.05) is 68.1 Å². The molecule has 68 heavy (non-hydrogen) atoms. The van der Waals surface area contributed by atoms with Gasteiger partial charge in [-0.2, -0.15) is 0 Å². The number of benzene rings is 3. The van der Waals surface area contributed by atoms with Gasteiger partial charge in [-0.25, -0.2) is 4.57 Å². The Bertz CT molecular complexity index is 2220. The van der Waals surface area contributed by atoms with Gasteiger partial charge < -0.3 is 25.8 Å². The van der Waals surface area contributed by atoms with Gasteiger partial charge in [-0.3, -0.25) is 24.1 Å². The number of carbonyl (C=O) groups excluding carboxylic acids is 4. The molecule has 364 valence electrons. The Morgan fingerprint density at radius 3 is 1.81 bits per heavy atom. The SMILES string of the molecule is C=CC(=O)N1c2ccc(NC(=O)CCCCCCCCCCCNC(=O)[C@H](C=C)NC(=O)CCCCCCCCC[n+]3ccccc3)cc2N(c2ccc(C)cc2)c2cc(N(CC)CC)ccc21. The van der Waals surface area contributed by atoms with Crippen molar-refractivity contribution in [2.75, 3.05) is 39.7 Å². The molecule has 3 aromatic carbocycles. The summed E-state index contributed by atoms with van der Waals surface area (Å²) >= 11 is 0. The minimum Gasteiger partial charge on any atom is -0.372 e. The number of rotatable bonds is 31. The number of aromatic nitrogens is 1. The Morgan fingerprint density at radius 2 is 1.21 bits per heavy atom. The Labute approximate surface area is 407 Å². The summed E-state index contributed by atoms with van der Waals surface area (Å²) in [6.45, 7) is 17.3. The van der Waals surface area contributed by atoms with E-state index >= 15 is 0 Å². The topological polar surface area (TPSA) is 118 Å². The third-order valence-electron chi connectivity index (χ3n) is 12.8. The van der Waals surface area contributed by atoms with Gasteiger partial charge in [0.2, 0.25) is 17.7 Å². The van der Waals surface area contributed by atoms with Crippen molar-refractivity contribution in [1.82, 2.24) is 10.6 Å². The molecule has 1 aliphatic rings. The van der Waals surface area contributed by atoms with Crippen molar-refractivity contribution < 1.29 is 23.7 Å². The number of unbranched alkanes of at least 4 members (excludes halogenated alkanes) is 14. The van der Waals surface area contributed by atoms with Crippen LogP contribution in [0.1, 0.15) is 135 Å². The van der Waals surface area contributed by atoms with E-state index in [-0.39, 0.29) is 23.6 Å². The Morgan fingerprint density at radius 1 is 0.647 bits per heavy atom. The van der Waals surface area contributed by atoms with Crippen molar-refractivity contribution in [2.24, 2.45) is 0 Å². The fourth-order valence-corrected chi connectivity index (χ4v) is 8.91. The van der Waals surface area contributed by atoms with E-state index in [1.807, 2.05) is 30.3 Å². The molecule has 1 aromatic heterocycles. The molecular weight excluding hydrogens is 847 g/mol. The standard InChI is InChI=1S/C57H77N7O4/c1-6-49(60-55(66)30-24-19-15-13-17-21-26-40-61-41-27-22-28-42-61)57(68)58-39-25-20-16-12-10-11-14-18-23-29-54(65)59-46-33-37-50-52(43-46)63(47-34-31-45(5)32-35-47)53-44-48(62(8-3)9-4)36-38-51(53)64(50)56(67)7-2/h6-7,22,27-28,31-38,41-44,49H,1-2,8-21,23-26,29-30,39-40H2,3-5H3,(H2-,58,59,60,65,66,68)/p+1/t49-/m0/s1. The highest BCUT2D eigenvalue weighted by Gasteiger charge is 2.33. The largest absolute Gasteiger partial charge is 0.372 e. The maximum Gasteiger partial charge on any atom is 0.255 e. The van der Waals surface area contributed by atoms with Crippen molar-refractivity contribution in [3.63, 3.8) is 0 Å².